The van der Waals surface area contributed by atoms with Gasteiger partial charge in [-0.2, -0.15) is 0 Å². The summed E-state index contributed by atoms with van der Waals surface area (Å²) in [4.78, 5) is 0.185. The number of hydrogen-bond donors (Lipinski definition) is 1. The highest BCUT2D eigenvalue weighted by atomic mass is 32.3. The Morgan fingerprint density at radius 3 is 2.33 bits per heavy atom. The third-order valence-corrected chi connectivity index (χ3v) is 7.77. The zero-order chi connectivity index (χ0) is 13.9. The van der Waals surface area contributed by atoms with Gasteiger partial charge in [0.25, 0.3) is 10.0 Å². The van der Waals surface area contributed by atoms with Crippen molar-refractivity contribution < 1.29 is 13.5 Å². The Hall–Kier alpha value is -0.720. The molecule has 0 bridgehead atoms. The normalized spacial score (nSPS) is 12.3. The van der Waals surface area contributed by atoms with E-state index < -0.39 is 10.0 Å². The minimum atomic E-state index is -3.53. The fourth-order valence-electron chi connectivity index (χ4n) is 1.71. The summed E-state index contributed by atoms with van der Waals surface area (Å²) < 4.78 is 26.4. The number of aryl methyl sites for hydroxylation is 1. The molecule has 1 rings (SSSR count). The second kappa shape index (κ2) is 5.95. The Labute approximate surface area is 112 Å². The molecule has 1 N–H and O–H groups in total. The molecule has 0 unspecified atom stereocenters. The number of sulfonamides is 1. The van der Waals surface area contributed by atoms with Gasteiger partial charge in [0.2, 0.25) is 0 Å². The van der Waals surface area contributed by atoms with Gasteiger partial charge in [0.1, 0.15) is 17.3 Å². The maximum atomic E-state index is 12.5. The average molecular weight is 290 g/mol. The first kappa shape index (κ1) is 15.3. The van der Waals surface area contributed by atoms with Crippen molar-refractivity contribution in [1.29, 1.82) is 0 Å². The lowest BCUT2D eigenvalue weighted by Gasteiger charge is -2.17. The number of hydrogen-bond acceptors (Lipinski definition) is 3. The van der Waals surface area contributed by atoms with Crippen LogP contribution in [0.4, 0.5) is 0 Å². The molecule has 0 aliphatic rings. The smallest absolute Gasteiger partial charge is 0.282 e. The number of benzene rings is 1. The SMILES string of the molecule is CC[S+](CC)N(C)S(=O)(=O)c1cc(O)ccc1C. The number of phenols is 1. The molecule has 0 aromatic heterocycles. The number of aromatic hydroxyl groups is 1. The number of rotatable bonds is 5. The van der Waals surface area contributed by atoms with Crippen LogP contribution in [0.1, 0.15) is 19.4 Å². The predicted molar refractivity (Wildman–Crippen MR) is 76.2 cm³/mol. The van der Waals surface area contributed by atoms with Crippen molar-refractivity contribution in [3.05, 3.63) is 23.8 Å². The predicted octanol–water partition coefficient (Wildman–Crippen LogP) is 1.89. The van der Waals surface area contributed by atoms with Gasteiger partial charge < -0.3 is 5.11 Å². The maximum absolute atomic E-state index is 12.5. The van der Waals surface area contributed by atoms with Crippen LogP contribution in [0.3, 0.4) is 0 Å². The molecule has 0 radical (unpaired) electrons. The Morgan fingerprint density at radius 1 is 1.28 bits per heavy atom. The van der Waals surface area contributed by atoms with Gasteiger partial charge in [0.15, 0.2) is 0 Å². The first-order valence-corrected chi connectivity index (χ1v) is 8.76. The van der Waals surface area contributed by atoms with Gasteiger partial charge in [0, 0.05) is 6.07 Å². The van der Waals surface area contributed by atoms with Crippen LogP contribution in [-0.2, 0) is 21.1 Å². The summed E-state index contributed by atoms with van der Waals surface area (Å²) in [5.74, 6) is 1.56. The summed E-state index contributed by atoms with van der Waals surface area (Å²) in [6, 6.07) is 4.42. The molecule has 1 aromatic rings. The van der Waals surface area contributed by atoms with E-state index in [0.29, 0.717) is 5.56 Å². The number of phenolic OH excluding ortho intramolecular Hbond substituents is 1. The van der Waals surface area contributed by atoms with E-state index in [9.17, 15) is 13.5 Å². The molecule has 0 saturated carbocycles. The molecule has 0 amide bonds. The molecule has 0 fully saturated rings. The molecular weight excluding hydrogens is 270 g/mol. The molecule has 0 saturated heterocycles. The lowest BCUT2D eigenvalue weighted by molar-refractivity contribution is 0.472. The minimum absolute atomic E-state index is 0.0274. The molecule has 0 heterocycles. The fraction of sp³-hybridized carbons (Fsp3) is 0.500. The topological polar surface area (TPSA) is 57.6 Å². The van der Waals surface area contributed by atoms with E-state index in [-0.39, 0.29) is 21.7 Å². The van der Waals surface area contributed by atoms with Crippen LogP contribution in [0.5, 0.6) is 5.75 Å². The largest absolute Gasteiger partial charge is 0.508 e. The Bertz CT molecular complexity index is 510. The zero-order valence-electron chi connectivity index (χ0n) is 11.2. The van der Waals surface area contributed by atoms with Crippen molar-refractivity contribution in [2.45, 2.75) is 25.7 Å². The Morgan fingerprint density at radius 2 is 1.83 bits per heavy atom. The summed E-state index contributed by atoms with van der Waals surface area (Å²) in [6.07, 6.45) is 0. The summed E-state index contributed by atoms with van der Waals surface area (Å²) in [5.41, 5.74) is 0.649. The highest BCUT2D eigenvalue weighted by molar-refractivity contribution is 8.06. The van der Waals surface area contributed by atoms with Crippen molar-refractivity contribution in [2.24, 2.45) is 0 Å². The van der Waals surface area contributed by atoms with Crippen LogP contribution in [0, 0.1) is 6.92 Å². The van der Waals surface area contributed by atoms with Crippen molar-refractivity contribution in [1.82, 2.24) is 3.71 Å². The molecule has 6 heteroatoms. The van der Waals surface area contributed by atoms with Gasteiger partial charge in [-0.05, 0) is 36.1 Å². The van der Waals surface area contributed by atoms with Crippen LogP contribution < -0.4 is 0 Å². The zero-order valence-corrected chi connectivity index (χ0v) is 12.8. The third kappa shape index (κ3) is 2.99. The van der Waals surface area contributed by atoms with Gasteiger partial charge in [-0.3, -0.25) is 0 Å². The summed E-state index contributed by atoms with van der Waals surface area (Å²) >= 11 is -0.304. The first-order chi connectivity index (χ1) is 8.34. The van der Waals surface area contributed by atoms with Crippen LogP contribution in [0.15, 0.2) is 23.1 Å². The second-order valence-electron chi connectivity index (χ2n) is 3.90. The first-order valence-electron chi connectivity index (χ1n) is 5.80. The van der Waals surface area contributed by atoms with E-state index in [1.807, 2.05) is 13.8 Å². The van der Waals surface area contributed by atoms with Gasteiger partial charge in [-0.15, -0.1) is 0 Å². The quantitative estimate of drug-likeness (QED) is 0.843. The molecule has 0 aliphatic carbocycles. The lowest BCUT2D eigenvalue weighted by atomic mass is 10.2. The van der Waals surface area contributed by atoms with Crippen LogP contribution in [-0.4, -0.2) is 35.8 Å². The lowest BCUT2D eigenvalue weighted by Crippen LogP contribution is -2.36. The third-order valence-electron chi connectivity index (χ3n) is 2.82. The molecule has 18 heavy (non-hydrogen) atoms. The Kier molecular flexibility index (Phi) is 5.07. The fourth-order valence-corrected chi connectivity index (χ4v) is 5.85. The van der Waals surface area contributed by atoms with E-state index in [2.05, 4.69) is 0 Å². The Balaban J connectivity index is 3.25. The number of nitrogens with zero attached hydrogens (tertiary/aromatic N) is 1. The van der Waals surface area contributed by atoms with Crippen LogP contribution in [0.25, 0.3) is 0 Å². The van der Waals surface area contributed by atoms with E-state index in [4.69, 9.17) is 0 Å². The molecule has 0 atom stereocenters. The molecular formula is C12H20NO3S2+. The van der Waals surface area contributed by atoms with E-state index in [0.717, 1.165) is 11.5 Å². The van der Waals surface area contributed by atoms with Gasteiger partial charge in [0.05, 0.1) is 23.0 Å². The van der Waals surface area contributed by atoms with Crippen molar-refractivity contribution in [2.75, 3.05) is 18.6 Å². The molecule has 1 aromatic carbocycles. The highest BCUT2D eigenvalue weighted by Crippen LogP contribution is 2.25. The molecule has 4 nitrogen and oxygen atoms in total. The molecule has 102 valence electrons. The van der Waals surface area contributed by atoms with Gasteiger partial charge in [-0.1, -0.05) is 6.07 Å². The van der Waals surface area contributed by atoms with E-state index in [1.165, 1.54) is 15.8 Å². The van der Waals surface area contributed by atoms with Crippen molar-refractivity contribution >= 4 is 21.1 Å². The maximum Gasteiger partial charge on any atom is 0.282 e. The second-order valence-corrected chi connectivity index (χ2v) is 8.70. The monoisotopic (exact) mass is 290 g/mol. The summed E-state index contributed by atoms with van der Waals surface area (Å²) in [6.45, 7) is 5.69. The van der Waals surface area contributed by atoms with Crippen LogP contribution >= 0.6 is 0 Å². The van der Waals surface area contributed by atoms with Crippen molar-refractivity contribution in [3.63, 3.8) is 0 Å². The van der Waals surface area contributed by atoms with E-state index in [1.54, 1.807) is 20.0 Å². The standard InChI is InChI=1S/C12H19NO3S2/c1-5-17(6-2)13(4)18(15,16)12-9-11(14)8-7-10(12)3/h7-9H,5-6H2,1-4H3/p+1. The summed E-state index contributed by atoms with van der Waals surface area (Å²) in [7, 11) is -1.92. The summed E-state index contributed by atoms with van der Waals surface area (Å²) in [5, 5.41) is 9.45. The average Bonchev–Trinajstić information content (AvgIpc) is 2.33. The van der Waals surface area contributed by atoms with Gasteiger partial charge >= 0.3 is 0 Å². The minimum Gasteiger partial charge on any atom is -0.508 e. The molecule has 0 spiro atoms. The highest BCUT2D eigenvalue weighted by Gasteiger charge is 2.34. The van der Waals surface area contributed by atoms with Crippen LogP contribution in [0.2, 0.25) is 0 Å². The van der Waals surface area contributed by atoms with Crippen molar-refractivity contribution in [3.8, 4) is 5.75 Å². The van der Waals surface area contributed by atoms with Gasteiger partial charge in [-0.25, -0.2) is 8.42 Å². The molecule has 0 aliphatic heterocycles. The van der Waals surface area contributed by atoms with E-state index >= 15 is 0 Å².